The van der Waals surface area contributed by atoms with Crippen LogP contribution in [0.15, 0.2) is 0 Å². The molecular formula is CH3Na3O5. The van der Waals surface area contributed by atoms with Gasteiger partial charge < -0.3 is 26.0 Å². The second kappa shape index (κ2) is 31.9. The molecule has 0 aliphatic heterocycles. The largest absolute Gasteiger partial charge is 1.00 e. The number of carbonyl (C=O) groups is 1. The summed E-state index contributed by atoms with van der Waals surface area (Å²) in [6, 6.07) is 0. The summed E-state index contributed by atoms with van der Waals surface area (Å²) in [5, 5.41) is 15.3. The van der Waals surface area contributed by atoms with Crippen molar-refractivity contribution in [1.29, 1.82) is 0 Å². The van der Waals surface area contributed by atoms with E-state index in [1.807, 2.05) is 0 Å². The molecule has 0 amide bonds. The summed E-state index contributed by atoms with van der Waals surface area (Å²) in [5.74, 6) is 0. The molecule has 3 N–H and O–H groups in total. The third-order valence-electron chi connectivity index (χ3n) is 0. The summed E-state index contributed by atoms with van der Waals surface area (Å²) in [5.41, 5.74) is 0. The summed E-state index contributed by atoms with van der Waals surface area (Å²) in [4.78, 5) is 8.44. The van der Waals surface area contributed by atoms with Gasteiger partial charge in [0.1, 0.15) is 0 Å². The standard InChI is InChI=1S/CH2O3.3Na.2H2O/c2-1(3)4;;;;;/h(H2,2,3,4);;;;2*1H2/q;3*+1;;/p-3. The fraction of sp³-hybridized carbons (Fsp3) is 0. The minimum Gasteiger partial charge on any atom is -0.870 e. The number of hydrogen-bond donors (Lipinski definition) is 1. The molecule has 0 spiro atoms. The number of carboxylic acid groups (broad SMARTS) is 2. The second-order valence-corrected chi connectivity index (χ2v) is 0.266. The first-order valence-electron chi connectivity index (χ1n) is 0.632. The van der Waals surface area contributed by atoms with Crippen LogP contribution in [-0.2, 0) is 0 Å². The van der Waals surface area contributed by atoms with Crippen LogP contribution >= 0.6 is 0 Å². The van der Waals surface area contributed by atoms with E-state index < -0.39 is 6.16 Å². The van der Waals surface area contributed by atoms with Gasteiger partial charge in [0.25, 0.3) is 0 Å². The number of hydrogen-bond acceptors (Lipinski definition) is 4. The van der Waals surface area contributed by atoms with Crippen LogP contribution in [0.3, 0.4) is 0 Å². The molecule has 0 bridgehead atoms. The molecule has 0 rings (SSSR count). The maximum absolute atomic E-state index is 8.44. The van der Waals surface area contributed by atoms with Gasteiger partial charge in [0.2, 0.25) is 6.16 Å². The predicted molar refractivity (Wildman–Crippen MR) is 11.9 cm³/mol. The fourth-order valence-corrected chi connectivity index (χ4v) is 0. The van der Waals surface area contributed by atoms with Crippen molar-refractivity contribution in [3.8, 4) is 0 Å². The third kappa shape index (κ3) is 143. The summed E-state index contributed by atoms with van der Waals surface area (Å²) < 4.78 is 0. The van der Waals surface area contributed by atoms with Crippen LogP contribution < -0.4 is 93.8 Å². The molecule has 9 heavy (non-hydrogen) atoms. The van der Waals surface area contributed by atoms with Crippen LogP contribution in [0.25, 0.3) is 0 Å². The Morgan fingerprint density at radius 2 is 1.11 bits per heavy atom. The zero-order valence-electron chi connectivity index (χ0n) is 5.66. The van der Waals surface area contributed by atoms with Gasteiger partial charge in [-0.05, 0) is 0 Å². The van der Waals surface area contributed by atoms with Gasteiger partial charge in [0.05, 0.1) is 0 Å². The Labute approximate surface area is 119 Å². The average Bonchev–Trinajstić information content (AvgIpc) is 0.811. The fourth-order valence-electron chi connectivity index (χ4n) is 0. The zero-order valence-corrected chi connectivity index (χ0v) is 11.7. The first kappa shape index (κ1) is 43.1. The number of rotatable bonds is 0. The van der Waals surface area contributed by atoms with Gasteiger partial charge in [-0.2, -0.15) is 0 Å². The maximum atomic E-state index is 8.44. The van der Waals surface area contributed by atoms with E-state index >= 15 is 0 Å². The van der Waals surface area contributed by atoms with E-state index in [2.05, 4.69) is 0 Å². The molecular weight excluding hydrogens is 161 g/mol. The van der Waals surface area contributed by atoms with Crippen molar-refractivity contribution in [2.45, 2.75) is 0 Å². The molecule has 0 aromatic heterocycles. The van der Waals surface area contributed by atoms with Gasteiger partial charge in [0.15, 0.2) is 0 Å². The molecule has 0 aromatic carbocycles. The Hall–Kier alpha value is 2.19. The summed E-state index contributed by atoms with van der Waals surface area (Å²) in [7, 11) is 0. The van der Waals surface area contributed by atoms with Crippen LogP contribution in [0.5, 0.6) is 0 Å². The third-order valence-corrected chi connectivity index (χ3v) is 0. The van der Waals surface area contributed by atoms with Crippen molar-refractivity contribution in [2.24, 2.45) is 0 Å². The van der Waals surface area contributed by atoms with Gasteiger partial charge in [-0.1, -0.05) is 0 Å². The molecule has 5 nitrogen and oxygen atoms in total. The van der Waals surface area contributed by atoms with Crippen molar-refractivity contribution in [1.82, 2.24) is 0 Å². The van der Waals surface area contributed by atoms with Gasteiger partial charge in [-0.15, -0.1) is 0 Å². The Bertz CT molecular complexity index is 35.2. The molecule has 0 saturated heterocycles. The average molecular weight is 164 g/mol. The molecule has 0 aliphatic carbocycles. The van der Waals surface area contributed by atoms with Crippen LogP contribution in [0, 0.1) is 0 Å². The first-order valence-corrected chi connectivity index (χ1v) is 0.632. The molecule has 0 saturated carbocycles. The molecule has 0 radical (unpaired) electrons. The first-order chi connectivity index (χ1) is 1.73. The summed E-state index contributed by atoms with van der Waals surface area (Å²) in [6.45, 7) is 0. The van der Waals surface area contributed by atoms with E-state index in [0.717, 1.165) is 0 Å². The molecule has 40 valence electrons. The molecule has 0 heterocycles. The van der Waals surface area contributed by atoms with Crippen molar-refractivity contribution < 1.29 is 115 Å². The van der Waals surface area contributed by atoms with Gasteiger partial charge in [-0.25, -0.2) is 0 Å². The van der Waals surface area contributed by atoms with E-state index in [1.165, 1.54) is 0 Å². The van der Waals surface area contributed by atoms with Crippen LogP contribution in [0.4, 0.5) is 4.79 Å². The van der Waals surface area contributed by atoms with E-state index in [-0.39, 0.29) is 99.6 Å². The molecule has 0 aliphatic rings. The molecule has 0 aromatic rings. The second-order valence-electron chi connectivity index (χ2n) is 0.266. The van der Waals surface area contributed by atoms with Crippen molar-refractivity contribution >= 4 is 6.16 Å². The summed E-state index contributed by atoms with van der Waals surface area (Å²) >= 11 is 0. The van der Waals surface area contributed by atoms with E-state index in [9.17, 15) is 0 Å². The molecule has 8 heteroatoms. The Balaban J connectivity index is -0.00000000450. The monoisotopic (exact) mass is 164 g/mol. The van der Waals surface area contributed by atoms with Crippen molar-refractivity contribution in [3.63, 3.8) is 0 Å². The Morgan fingerprint density at radius 3 is 1.11 bits per heavy atom. The molecule has 0 atom stereocenters. The van der Waals surface area contributed by atoms with Crippen LogP contribution in [0.1, 0.15) is 0 Å². The van der Waals surface area contributed by atoms with Gasteiger partial charge in [0, 0.05) is 0 Å². The Kier molecular flexibility index (Phi) is 153. The van der Waals surface area contributed by atoms with E-state index in [0.29, 0.717) is 0 Å². The van der Waals surface area contributed by atoms with Crippen molar-refractivity contribution in [3.05, 3.63) is 0 Å². The molecule has 0 fully saturated rings. The predicted octanol–water partition coefficient (Wildman–Crippen LogP) is -10.5. The minimum absolute atomic E-state index is 0. The zero-order chi connectivity index (χ0) is 3.58. The van der Waals surface area contributed by atoms with Gasteiger partial charge in [-0.3, -0.25) is 0 Å². The Morgan fingerprint density at radius 1 is 1.11 bits per heavy atom. The topological polar surface area (TPSA) is 120 Å². The molecule has 0 unspecified atom stereocenters. The van der Waals surface area contributed by atoms with Crippen molar-refractivity contribution in [2.75, 3.05) is 0 Å². The van der Waals surface area contributed by atoms with E-state index in [1.54, 1.807) is 0 Å². The summed E-state index contributed by atoms with van der Waals surface area (Å²) in [6.07, 6.45) is -2.08. The normalized spacial score (nSPS) is 2.67. The minimum atomic E-state index is -2.08. The van der Waals surface area contributed by atoms with Crippen LogP contribution in [0.2, 0.25) is 0 Å². The maximum Gasteiger partial charge on any atom is 1.00 e. The SMILES string of the molecule is O=C([O-])O.[Na+].[Na+].[Na+].[OH-].[OH-]. The quantitative estimate of drug-likeness (QED) is 0.356. The smallest absolute Gasteiger partial charge is 0.870 e. The van der Waals surface area contributed by atoms with Crippen LogP contribution in [-0.4, -0.2) is 22.2 Å². The van der Waals surface area contributed by atoms with Gasteiger partial charge >= 0.3 is 88.7 Å². The van der Waals surface area contributed by atoms with E-state index in [4.69, 9.17) is 15.0 Å².